The van der Waals surface area contributed by atoms with Crippen LogP contribution in [0.15, 0.2) is 47.1 Å². The van der Waals surface area contributed by atoms with Crippen LogP contribution < -0.4 is 10.2 Å². The molecule has 0 saturated heterocycles. The van der Waals surface area contributed by atoms with E-state index in [0.29, 0.717) is 5.69 Å². The van der Waals surface area contributed by atoms with Crippen LogP contribution in [-0.4, -0.2) is 24.0 Å². The van der Waals surface area contributed by atoms with Gasteiger partial charge in [-0.05, 0) is 50.2 Å². The lowest BCUT2D eigenvalue weighted by atomic mass is 10.2. The van der Waals surface area contributed by atoms with Crippen LogP contribution >= 0.6 is 15.9 Å². The summed E-state index contributed by atoms with van der Waals surface area (Å²) in [6, 6.07) is 11.2. The Morgan fingerprint density at radius 2 is 1.86 bits per heavy atom. The largest absolute Gasteiger partial charge is 0.372 e. The molecule has 21 heavy (non-hydrogen) atoms. The summed E-state index contributed by atoms with van der Waals surface area (Å²) in [6.45, 7) is 5.97. The number of carbonyl (C=O) groups is 1. The fraction of sp³-hybridized carbons (Fsp3) is 0.250. The van der Waals surface area contributed by atoms with Crippen molar-refractivity contribution in [3.63, 3.8) is 0 Å². The molecule has 2 rings (SSSR count). The van der Waals surface area contributed by atoms with Gasteiger partial charge < -0.3 is 10.2 Å². The van der Waals surface area contributed by atoms with Crippen molar-refractivity contribution in [2.75, 3.05) is 23.3 Å². The van der Waals surface area contributed by atoms with Gasteiger partial charge in [0.15, 0.2) is 0 Å². The predicted octanol–water partition coefficient (Wildman–Crippen LogP) is 3.94. The zero-order chi connectivity index (χ0) is 15.2. The van der Waals surface area contributed by atoms with Gasteiger partial charge in [0, 0.05) is 35.1 Å². The smallest absolute Gasteiger partial charge is 0.274 e. The molecule has 0 aliphatic rings. The average Bonchev–Trinajstić information content (AvgIpc) is 2.51. The summed E-state index contributed by atoms with van der Waals surface area (Å²) in [4.78, 5) is 18.6. The van der Waals surface area contributed by atoms with Crippen molar-refractivity contribution in [2.45, 2.75) is 13.8 Å². The molecular formula is C16H18BrN3O. The average molecular weight is 348 g/mol. The van der Waals surface area contributed by atoms with Crippen molar-refractivity contribution in [3.8, 4) is 0 Å². The number of amides is 1. The highest BCUT2D eigenvalue weighted by Crippen LogP contribution is 2.17. The van der Waals surface area contributed by atoms with Gasteiger partial charge in [-0.15, -0.1) is 0 Å². The van der Waals surface area contributed by atoms with Crippen LogP contribution in [0, 0.1) is 0 Å². The summed E-state index contributed by atoms with van der Waals surface area (Å²) in [7, 11) is 0. The molecule has 0 spiro atoms. The monoisotopic (exact) mass is 347 g/mol. The van der Waals surface area contributed by atoms with Crippen molar-refractivity contribution < 1.29 is 4.79 Å². The molecule has 1 aromatic heterocycles. The second-order valence-electron chi connectivity index (χ2n) is 4.53. The van der Waals surface area contributed by atoms with Crippen LogP contribution in [0.5, 0.6) is 0 Å². The molecule has 1 amide bonds. The number of rotatable bonds is 5. The molecule has 1 N–H and O–H groups in total. The first-order chi connectivity index (χ1) is 10.1. The minimum atomic E-state index is -0.202. The number of nitrogens with zero attached hydrogens (tertiary/aromatic N) is 2. The van der Waals surface area contributed by atoms with Crippen LogP contribution in [0.2, 0.25) is 0 Å². The SMILES string of the molecule is CCN(CC)c1ccnc(C(=O)Nc2ccc(Br)cc2)c1. The maximum atomic E-state index is 12.2. The Labute approximate surface area is 133 Å². The van der Waals surface area contributed by atoms with Gasteiger partial charge in [0.25, 0.3) is 5.91 Å². The van der Waals surface area contributed by atoms with Crippen molar-refractivity contribution in [3.05, 3.63) is 52.8 Å². The van der Waals surface area contributed by atoms with E-state index in [4.69, 9.17) is 0 Å². The van der Waals surface area contributed by atoms with E-state index in [2.05, 4.69) is 45.0 Å². The van der Waals surface area contributed by atoms with Crippen LogP contribution in [0.25, 0.3) is 0 Å². The first-order valence-corrected chi connectivity index (χ1v) is 7.71. The minimum Gasteiger partial charge on any atom is -0.372 e. The summed E-state index contributed by atoms with van der Waals surface area (Å²) in [5.74, 6) is -0.202. The third-order valence-corrected chi connectivity index (χ3v) is 3.74. The second kappa shape index (κ2) is 7.22. The first kappa shape index (κ1) is 15.5. The predicted molar refractivity (Wildman–Crippen MR) is 89.9 cm³/mol. The molecule has 0 saturated carbocycles. The molecule has 0 fully saturated rings. The van der Waals surface area contributed by atoms with Crippen molar-refractivity contribution >= 4 is 33.2 Å². The van der Waals surface area contributed by atoms with Gasteiger partial charge in [-0.25, -0.2) is 0 Å². The number of halogens is 1. The van der Waals surface area contributed by atoms with E-state index in [-0.39, 0.29) is 5.91 Å². The Bertz CT molecular complexity index is 609. The Kier molecular flexibility index (Phi) is 5.33. The minimum absolute atomic E-state index is 0.202. The van der Waals surface area contributed by atoms with Crippen molar-refractivity contribution in [2.24, 2.45) is 0 Å². The van der Waals surface area contributed by atoms with E-state index in [0.717, 1.165) is 28.9 Å². The fourth-order valence-electron chi connectivity index (χ4n) is 2.06. The lowest BCUT2D eigenvalue weighted by Gasteiger charge is -2.21. The molecule has 0 aliphatic carbocycles. The van der Waals surface area contributed by atoms with Gasteiger partial charge in [0.1, 0.15) is 5.69 Å². The number of anilines is 2. The maximum Gasteiger partial charge on any atom is 0.274 e. The highest BCUT2D eigenvalue weighted by atomic mass is 79.9. The zero-order valence-corrected chi connectivity index (χ0v) is 13.7. The van der Waals surface area contributed by atoms with Crippen LogP contribution in [0.4, 0.5) is 11.4 Å². The number of pyridine rings is 1. The lowest BCUT2D eigenvalue weighted by molar-refractivity contribution is 0.102. The highest BCUT2D eigenvalue weighted by molar-refractivity contribution is 9.10. The fourth-order valence-corrected chi connectivity index (χ4v) is 2.32. The molecule has 0 bridgehead atoms. The molecule has 4 nitrogen and oxygen atoms in total. The number of hydrogen-bond donors (Lipinski definition) is 1. The third kappa shape index (κ3) is 4.04. The molecule has 1 heterocycles. The van der Waals surface area contributed by atoms with Gasteiger partial charge in [-0.1, -0.05) is 15.9 Å². The van der Waals surface area contributed by atoms with Crippen molar-refractivity contribution in [1.29, 1.82) is 0 Å². The van der Waals surface area contributed by atoms with Gasteiger partial charge >= 0.3 is 0 Å². The summed E-state index contributed by atoms with van der Waals surface area (Å²) in [5.41, 5.74) is 2.18. The number of aromatic nitrogens is 1. The van der Waals surface area contributed by atoms with Gasteiger partial charge in [-0.3, -0.25) is 9.78 Å². The van der Waals surface area contributed by atoms with Crippen LogP contribution in [0.3, 0.4) is 0 Å². The quantitative estimate of drug-likeness (QED) is 0.890. The van der Waals surface area contributed by atoms with E-state index in [1.165, 1.54) is 0 Å². The summed E-state index contributed by atoms with van der Waals surface area (Å²) in [6.07, 6.45) is 1.67. The Morgan fingerprint density at radius 3 is 2.48 bits per heavy atom. The maximum absolute atomic E-state index is 12.2. The molecule has 5 heteroatoms. The summed E-state index contributed by atoms with van der Waals surface area (Å²) < 4.78 is 0.974. The second-order valence-corrected chi connectivity index (χ2v) is 5.45. The number of nitrogens with one attached hydrogen (secondary N) is 1. The van der Waals surface area contributed by atoms with E-state index < -0.39 is 0 Å². The summed E-state index contributed by atoms with van der Waals surface area (Å²) in [5, 5.41) is 2.85. The number of hydrogen-bond acceptors (Lipinski definition) is 3. The van der Waals surface area contributed by atoms with E-state index >= 15 is 0 Å². The Morgan fingerprint density at radius 1 is 1.19 bits per heavy atom. The van der Waals surface area contributed by atoms with Gasteiger partial charge in [0.2, 0.25) is 0 Å². The topological polar surface area (TPSA) is 45.2 Å². The van der Waals surface area contributed by atoms with Gasteiger partial charge in [-0.2, -0.15) is 0 Å². The van der Waals surface area contributed by atoms with Crippen LogP contribution in [-0.2, 0) is 0 Å². The molecule has 1 aromatic carbocycles. The molecule has 0 aliphatic heterocycles. The molecule has 110 valence electrons. The van der Waals surface area contributed by atoms with E-state index in [1.54, 1.807) is 6.20 Å². The molecule has 2 aromatic rings. The molecular weight excluding hydrogens is 330 g/mol. The van der Waals surface area contributed by atoms with Crippen LogP contribution in [0.1, 0.15) is 24.3 Å². The van der Waals surface area contributed by atoms with Crippen molar-refractivity contribution in [1.82, 2.24) is 4.98 Å². The number of benzene rings is 1. The highest BCUT2D eigenvalue weighted by Gasteiger charge is 2.10. The zero-order valence-electron chi connectivity index (χ0n) is 12.1. The third-order valence-electron chi connectivity index (χ3n) is 3.21. The van der Waals surface area contributed by atoms with Gasteiger partial charge in [0.05, 0.1) is 0 Å². The Hall–Kier alpha value is -1.88. The summed E-state index contributed by atoms with van der Waals surface area (Å²) >= 11 is 3.37. The van der Waals surface area contributed by atoms with E-state index in [1.807, 2.05) is 36.4 Å². The Balaban J connectivity index is 2.15. The molecule has 0 atom stereocenters. The molecule has 0 unspecified atom stereocenters. The number of carbonyl (C=O) groups excluding carboxylic acids is 1. The standard InChI is InChI=1S/C16H18BrN3O/c1-3-20(4-2)14-9-10-18-15(11-14)16(21)19-13-7-5-12(17)6-8-13/h5-11H,3-4H2,1-2H3,(H,19,21). The molecule has 0 radical (unpaired) electrons. The lowest BCUT2D eigenvalue weighted by Crippen LogP contribution is -2.22. The van der Waals surface area contributed by atoms with E-state index in [9.17, 15) is 4.79 Å². The normalized spacial score (nSPS) is 10.2. The first-order valence-electron chi connectivity index (χ1n) is 6.92.